The van der Waals surface area contributed by atoms with E-state index in [0.717, 1.165) is 44.1 Å². The molecule has 2 aromatic carbocycles. The summed E-state index contributed by atoms with van der Waals surface area (Å²) in [5, 5.41) is 0. The zero-order valence-corrected chi connectivity index (χ0v) is 19.2. The Hall–Kier alpha value is -3.16. The molecule has 2 aromatic rings. The van der Waals surface area contributed by atoms with E-state index in [4.69, 9.17) is 15.2 Å². The summed E-state index contributed by atoms with van der Waals surface area (Å²) >= 11 is 0. The average molecular weight is 461 g/mol. The lowest BCUT2D eigenvalue weighted by molar-refractivity contribution is 0.00646. The van der Waals surface area contributed by atoms with Crippen molar-refractivity contribution in [3.05, 3.63) is 59.2 Å². The number of halogens is 2. The molecule has 0 aromatic heterocycles. The molecule has 3 rings (SSSR count). The van der Waals surface area contributed by atoms with Crippen molar-refractivity contribution in [1.29, 1.82) is 0 Å². The van der Waals surface area contributed by atoms with Gasteiger partial charge in [-0.15, -0.1) is 0 Å². The second-order valence-electron chi connectivity index (χ2n) is 9.24. The number of hydrogen-bond donors (Lipinski definition) is 1. The molecule has 1 aliphatic rings. The van der Waals surface area contributed by atoms with Crippen molar-refractivity contribution < 1.29 is 27.8 Å². The van der Waals surface area contributed by atoms with Crippen LogP contribution in [-0.2, 0) is 4.74 Å². The lowest BCUT2D eigenvalue weighted by Gasteiger charge is -2.33. The second kappa shape index (κ2) is 10.2. The van der Waals surface area contributed by atoms with Gasteiger partial charge in [-0.1, -0.05) is 0 Å². The molecular formula is C25H30F2N2O4. The number of carbonyl (C=O) groups is 2. The van der Waals surface area contributed by atoms with E-state index >= 15 is 0 Å². The minimum atomic E-state index is -0.815. The minimum absolute atomic E-state index is 0.0685. The largest absolute Gasteiger partial charge is 0.493 e. The maximum atomic E-state index is 14.5. The van der Waals surface area contributed by atoms with Gasteiger partial charge in [-0.05, 0) is 76.3 Å². The van der Waals surface area contributed by atoms with Crippen LogP contribution in [0.3, 0.4) is 0 Å². The molecule has 33 heavy (non-hydrogen) atoms. The molecule has 0 saturated carbocycles. The lowest BCUT2D eigenvalue weighted by Crippen LogP contribution is -2.34. The zero-order chi connectivity index (χ0) is 24.2. The normalized spacial score (nSPS) is 14.8. The van der Waals surface area contributed by atoms with Crippen LogP contribution >= 0.6 is 0 Å². The van der Waals surface area contributed by atoms with Gasteiger partial charge in [0.25, 0.3) is 5.91 Å². The van der Waals surface area contributed by atoms with Gasteiger partial charge >= 0.3 is 5.97 Å². The molecule has 0 atom stereocenters. The Morgan fingerprint density at radius 2 is 1.67 bits per heavy atom. The van der Waals surface area contributed by atoms with Gasteiger partial charge in [0.15, 0.2) is 0 Å². The molecule has 1 amide bonds. The van der Waals surface area contributed by atoms with Gasteiger partial charge in [-0.25, -0.2) is 13.6 Å². The summed E-state index contributed by atoms with van der Waals surface area (Å²) < 4.78 is 39.2. The highest BCUT2D eigenvalue weighted by molar-refractivity contribution is 5.93. The van der Waals surface area contributed by atoms with Gasteiger partial charge < -0.3 is 20.1 Å². The quantitative estimate of drug-likeness (QED) is 0.606. The number of rotatable bonds is 7. The van der Waals surface area contributed by atoms with Crippen LogP contribution in [0.4, 0.5) is 14.5 Å². The summed E-state index contributed by atoms with van der Waals surface area (Å²) in [5.41, 5.74) is 4.92. The van der Waals surface area contributed by atoms with E-state index in [2.05, 4.69) is 4.90 Å². The van der Waals surface area contributed by atoms with Crippen molar-refractivity contribution in [2.75, 3.05) is 24.6 Å². The molecule has 6 nitrogen and oxygen atoms in total. The van der Waals surface area contributed by atoms with E-state index in [9.17, 15) is 18.4 Å². The number of piperidine rings is 1. The molecule has 0 spiro atoms. The maximum Gasteiger partial charge on any atom is 0.341 e. The summed E-state index contributed by atoms with van der Waals surface area (Å²) in [7, 11) is 0. The fourth-order valence-electron chi connectivity index (χ4n) is 3.81. The number of carbonyl (C=O) groups excluding carboxylic acids is 2. The Kier molecular flexibility index (Phi) is 7.56. The third-order valence-corrected chi connectivity index (χ3v) is 5.55. The molecular weight excluding hydrogens is 430 g/mol. The number of nitrogens with two attached hydrogens (primary N) is 1. The highest BCUT2D eigenvalue weighted by Gasteiger charge is 2.23. The van der Waals surface area contributed by atoms with Crippen LogP contribution in [0.1, 0.15) is 60.7 Å². The highest BCUT2D eigenvalue weighted by Crippen LogP contribution is 2.27. The fraction of sp³-hybridized carbons (Fsp3) is 0.440. The third kappa shape index (κ3) is 6.66. The summed E-state index contributed by atoms with van der Waals surface area (Å²) in [4.78, 5) is 25.3. The molecule has 0 aliphatic carbocycles. The topological polar surface area (TPSA) is 81.9 Å². The first-order valence-corrected chi connectivity index (χ1v) is 11.0. The van der Waals surface area contributed by atoms with Crippen LogP contribution in [-0.4, -0.2) is 37.2 Å². The van der Waals surface area contributed by atoms with Crippen molar-refractivity contribution in [3.8, 4) is 5.75 Å². The molecule has 1 aliphatic heterocycles. The number of hydrogen-bond acceptors (Lipinski definition) is 5. The Bertz CT molecular complexity index is 1010. The minimum Gasteiger partial charge on any atom is -0.493 e. The van der Waals surface area contributed by atoms with E-state index in [1.54, 1.807) is 26.8 Å². The fourth-order valence-corrected chi connectivity index (χ4v) is 3.81. The van der Waals surface area contributed by atoms with Gasteiger partial charge in [0.05, 0.1) is 17.7 Å². The van der Waals surface area contributed by atoms with Gasteiger partial charge in [-0.2, -0.15) is 0 Å². The summed E-state index contributed by atoms with van der Waals surface area (Å²) in [6.45, 7) is 7.17. The van der Waals surface area contributed by atoms with Crippen molar-refractivity contribution >= 4 is 17.6 Å². The second-order valence-corrected chi connectivity index (χ2v) is 9.24. The summed E-state index contributed by atoms with van der Waals surface area (Å²) in [5.74, 6) is -1.98. The van der Waals surface area contributed by atoms with Crippen molar-refractivity contribution in [2.24, 2.45) is 11.7 Å². The van der Waals surface area contributed by atoms with Gasteiger partial charge in [0.1, 0.15) is 23.0 Å². The summed E-state index contributed by atoms with van der Waals surface area (Å²) in [6.07, 6.45) is 2.63. The number of ether oxygens (including phenoxy) is 2. The lowest BCUT2D eigenvalue weighted by atomic mass is 9.93. The van der Waals surface area contributed by atoms with Crippen molar-refractivity contribution in [2.45, 2.75) is 45.6 Å². The van der Waals surface area contributed by atoms with Crippen LogP contribution in [0.15, 0.2) is 36.4 Å². The first-order chi connectivity index (χ1) is 15.5. The number of nitrogens with zero attached hydrogens (tertiary/aromatic N) is 1. The van der Waals surface area contributed by atoms with Crippen LogP contribution in [0.5, 0.6) is 5.75 Å². The average Bonchev–Trinajstić information content (AvgIpc) is 2.72. The zero-order valence-electron chi connectivity index (χ0n) is 19.2. The third-order valence-electron chi connectivity index (χ3n) is 5.55. The monoisotopic (exact) mass is 460 g/mol. The highest BCUT2D eigenvalue weighted by atomic mass is 19.1. The van der Waals surface area contributed by atoms with Crippen LogP contribution < -0.4 is 15.4 Å². The molecule has 1 saturated heterocycles. The smallest absolute Gasteiger partial charge is 0.341 e. The Morgan fingerprint density at radius 1 is 1.03 bits per heavy atom. The first kappa shape index (κ1) is 24.5. The van der Waals surface area contributed by atoms with E-state index in [1.807, 2.05) is 0 Å². The number of benzene rings is 2. The maximum absolute atomic E-state index is 14.5. The van der Waals surface area contributed by atoms with E-state index in [0.29, 0.717) is 18.3 Å². The number of primary amides is 1. The van der Waals surface area contributed by atoms with E-state index in [1.165, 1.54) is 24.3 Å². The molecule has 1 heterocycles. The van der Waals surface area contributed by atoms with Crippen LogP contribution in [0.2, 0.25) is 0 Å². The molecule has 0 bridgehead atoms. The Morgan fingerprint density at radius 3 is 2.24 bits per heavy atom. The van der Waals surface area contributed by atoms with Gasteiger partial charge in [0, 0.05) is 24.8 Å². The van der Waals surface area contributed by atoms with Gasteiger partial charge in [0.2, 0.25) is 0 Å². The van der Waals surface area contributed by atoms with E-state index < -0.39 is 29.1 Å². The predicted molar refractivity (Wildman–Crippen MR) is 122 cm³/mol. The number of amides is 1. The van der Waals surface area contributed by atoms with Crippen molar-refractivity contribution in [1.82, 2.24) is 0 Å². The molecule has 2 N–H and O–H groups in total. The van der Waals surface area contributed by atoms with E-state index in [-0.39, 0.29) is 11.1 Å². The van der Waals surface area contributed by atoms with Crippen LogP contribution in [0, 0.1) is 17.6 Å². The SMILES string of the molecule is CC(C)(C)OC(=O)c1ccc(N2CCC(CCOc3ccc(C(N)=O)c(F)c3)CC2)cc1F. The molecule has 178 valence electrons. The van der Waals surface area contributed by atoms with Crippen LogP contribution in [0.25, 0.3) is 0 Å². The number of esters is 1. The molecule has 1 fully saturated rings. The molecule has 8 heteroatoms. The Labute approximate surface area is 192 Å². The molecule has 0 unspecified atom stereocenters. The summed E-state index contributed by atoms with van der Waals surface area (Å²) in [6, 6.07) is 8.61. The first-order valence-electron chi connectivity index (χ1n) is 11.0. The Balaban J connectivity index is 1.48. The van der Waals surface area contributed by atoms with Gasteiger partial charge in [-0.3, -0.25) is 4.79 Å². The standard InChI is InChI=1S/C25H30F2N2O4/c1-25(2,3)33-24(31)20-6-4-17(14-21(20)26)29-11-8-16(9-12-29)10-13-32-18-5-7-19(23(28)30)22(27)15-18/h4-7,14-16H,8-13H2,1-3H3,(H2,28,30). The van der Waals surface area contributed by atoms with Crippen molar-refractivity contribution in [3.63, 3.8) is 0 Å². The predicted octanol–water partition coefficient (Wildman–Crippen LogP) is 4.70. The number of anilines is 1. The molecule has 0 radical (unpaired) electrons.